The molecule has 5 rings (SSSR count). The summed E-state index contributed by atoms with van der Waals surface area (Å²) in [4.78, 5) is 42.0. The fourth-order valence-corrected chi connectivity index (χ4v) is 5.92. The summed E-state index contributed by atoms with van der Waals surface area (Å²) in [6.07, 6.45) is 0. The van der Waals surface area contributed by atoms with Gasteiger partial charge in [-0.05, 0) is 23.3 Å². The second kappa shape index (κ2) is 12.8. The molecule has 0 spiro atoms. The van der Waals surface area contributed by atoms with E-state index in [0.29, 0.717) is 47.8 Å². The van der Waals surface area contributed by atoms with Gasteiger partial charge in [-0.15, -0.1) is 0 Å². The topological polar surface area (TPSA) is 72.9 Å². The number of anilines is 1. The molecule has 2 saturated heterocycles. The van der Waals surface area contributed by atoms with Crippen LogP contribution >= 0.6 is 23.4 Å². The van der Waals surface area contributed by atoms with Crippen LogP contribution in [0.1, 0.15) is 28.4 Å². The number of nitrogens with zero attached hydrogens (tertiary/aromatic N) is 6. The molecular weight excluding hydrogens is 532 g/mol. The van der Waals surface area contributed by atoms with E-state index in [4.69, 9.17) is 16.6 Å². The van der Waals surface area contributed by atoms with Crippen LogP contribution in [0, 0.1) is 0 Å². The smallest absolute Gasteiger partial charge is 0.253 e. The third-order valence-corrected chi connectivity index (χ3v) is 8.30. The Morgan fingerprint density at radius 2 is 1.49 bits per heavy atom. The van der Waals surface area contributed by atoms with E-state index in [0.717, 1.165) is 44.1 Å². The van der Waals surface area contributed by atoms with Crippen LogP contribution in [0.25, 0.3) is 0 Å². The van der Waals surface area contributed by atoms with Gasteiger partial charge < -0.3 is 14.7 Å². The molecule has 8 nitrogen and oxygen atoms in total. The summed E-state index contributed by atoms with van der Waals surface area (Å²) in [7, 11) is 0. The van der Waals surface area contributed by atoms with Crippen molar-refractivity contribution in [3.63, 3.8) is 0 Å². The highest BCUT2D eigenvalue weighted by Gasteiger charge is 2.23. The molecular formula is C29H33ClN6O2S. The van der Waals surface area contributed by atoms with Crippen LogP contribution in [0.15, 0.2) is 65.8 Å². The van der Waals surface area contributed by atoms with Gasteiger partial charge >= 0.3 is 0 Å². The maximum absolute atomic E-state index is 12.9. The van der Waals surface area contributed by atoms with Crippen molar-refractivity contribution in [3.05, 3.63) is 82.5 Å². The third-order valence-electron chi connectivity index (χ3n) is 7.19. The average molecular weight is 565 g/mol. The zero-order valence-electron chi connectivity index (χ0n) is 22.1. The van der Waals surface area contributed by atoms with Crippen molar-refractivity contribution < 1.29 is 9.59 Å². The highest BCUT2D eigenvalue weighted by atomic mass is 35.5. The number of aromatic nitrogens is 2. The molecule has 2 aliphatic heterocycles. The predicted octanol–water partition coefficient (Wildman–Crippen LogP) is 4.05. The van der Waals surface area contributed by atoms with Crippen molar-refractivity contribution in [2.75, 3.05) is 57.3 Å². The van der Waals surface area contributed by atoms with Crippen LogP contribution in [-0.2, 0) is 17.1 Å². The molecule has 1 aromatic heterocycles. The number of carbonyl (C=O) groups is 2. The van der Waals surface area contributed by atoms with Crippen LogP contribution in [0.2, 0.25) is 5.15 Å². The van der Waals surface area contributed by atoms with E-state index >= 15 is 0 Å². The van der Waals surface area contributed by atoms with Gasteiger partial charge in [-0.1, -0.05) is 65.8 Å². The molecule has 0 atom stereocenters. The monoisotopic (exact) mass is 564 g/mol. The molecule has 2 amide bonds. The number of thioether (sulfide) groups is 1. The van der Waals surface area contributed by atoms with Crippen molar-refractivity contribution in [1.29, 1.82) is 0 Å². The second-order valence-corrected chi connectivity index (χ2v) is 11.2. The quantitative estimate of drug-likeness (QED) is 0.243. The number of benzene rings is 2. The van der Waals surface area contributed by atoms with Gasteiger partial charge in [0.2, 0.25) is 5.91 Å². The van der Waals surface area contributed by atoms with Crippen molar-refractivity contribution in [2.24, 2.45) is 0 Å². The summed E-state index contributed by atoms with van der Waals surface area (Å²) in [5, 5.41) is 1.09. The minimum atomic E-state index is 0.00378. The predicted molar refractivity (Wildman–Crippen MR) is 155 cm³/mol. The number of amides is 2. The van der Waals surface area contributed by atoms with E-state index < -0.39 is 0 Å². The number of halogens is 1. The molecule has 0 bridgehead atoms. The molecule has 0 saturated carbocycles. The van der Waals surface area contributed by atoms with Crippen molar-refractivity contribution in [1.82, 2.24) is 24.7 Å². The molecule has 204 valence electrons. The summed E-state index contributed by atoms with van der Waals surface area (Å²) in [6.45, 7) is 8.54. The zero-order valence-corrected chi connectivity index (χ0v) is 23.7. The van der Waals surface area contributed by atoms with Crippen LogP contribution in [-0.4, -0.2) is 88.8 Å². The first-order valence-corrected chi connectivity index (χ1v) is 14.6. The Bertz CT molecular complexity index is 1280. The molecule has 0 radical (unpaired) electrons. The Labute approximate surface area is 239 Å². The van der Waals surface area contributed by atoms with Gasteiger partial charge in [0.1, 0.15) is 11.0 Å². The highest BCUT2D eigenvalue weighted by molar-refractivity contribution is 7.98. The van der Waals surface area contributed by atoms with Gasteiger partial charge in [0, 0.05) is 83.2 Å². The molecule has 2 aliphatic rings. The highest BCUT2D eigenvalue weighted by Crippen LogP contribution is 2.26. The third kappa shape index (κ3) is 7.29. The van der Waals surface area contributed by atoms with Gasteiger partial charge in [0.05, 0.1) is 0 Å². The lowest BCUT2D eigenvalue weighted by Gasteiger charge is -2.35. The molecule has 3 aromatic rings. The maximum atomic E-state index is 12.9. The normalized spacial score (nSPS) is 16.4. The van der Waals surface area contributed by atoms with E-state index in [1.54, 1.807) is 11.8 Å². The second-order valence-electron chi connectivity index (χ2n) is 9.86. The van der Waals surface area contributed by atoms with Gasteiger partial charge in [0.15, 0.2) is 5.16 Å². The molecule has 0 unspecified atom stereocenters. The molecule has 39 heavy (non-hydrogen) atoms. The summed E-state index contributed by atoms with van der Waals surface area (Å²) in [5.41, 5.74) is 3.07. The van der Waals surface area contributed by atoms with Crippen molar-refractivity contribution in [2.45, 2.75) is 24.4 Å². The van der Waals surface area contributed by atoms with Crippen LogP contribution in [0.4, 0.5) is 5.82 Å². The zero-order chi connectivity index (χ0) is 27.2. The number of hydrogen-bond donors (Lipinski definition) is 0. The first-order valence-electron chi connectivity index (χ1n) is 13.3. The van der Waals surface area contributed by atoms with Crippen LogP contribution < -0.4 is 4.90 Å². The Hall–Kier alpha value is -3.14. The van der Waals surface area contributed by atoms with E-state index in [9.17, 15) is 9.59 Å². The van der Waals surface area contributed by atoms with Crippen molar-refractivity contribution in [3.8, 4) is 0 Å². The van der Waals surface area contributed by atoms with E-state index in [-0.39, 0.29) is 11.8 Å². The molecule has 0 N–H and O–H groups in total. The van der Waals surface area contributed by atoms with Crippen LogP contribution in [0.5, 0.6) is 0 Å². The minimum Gasteiger partial charge on any atom is -0.354 e. The number of piperazine rings is 2. The molecule has 2 fully saturated rings. The molecule has 0 aliphatic carbocycles. The van der Waals surface area contributed by atoms with E-state index in [1.165, 1.54) is 17.3 Å². The molecule has 3 heterocycles. The maximum Gasteiger partial charge on any atom is 0.253 e. The number of carbonyl (C=O) groups excluding carboxylic acids is 2. The first kappa shape index (κ1) is 27.4. The fourth-order valence-electron chi connectivity index (χ4n) is 4.89. The summed E-state index contributed by atoms with van der Waals surface area (Å²) in [6, 6.07) is 20.1. The summed E-state index contributed by atoms with van der Waals surface area (Å²) >= 11 is 7.91. The standard InChI is InChI=1S/C29H33ClN6O2S/c1-22(37)34-15-17-36(18-16-34)28(38)25-9-7-24(8-10-25)21-39-29-31-26(30)19-27(32-29)35-13-11-33(12-14-35)20-23-5-3-2-4-6-23/h2-10,19H,11-18,20-21H2,1H3. The summed E-state index contributed by atoms with van der Waals surface area (Å²) in [5.74, 6) is 1.60. The van der Waals surface area contributed by atoms with E-state index in [2.05, 4.69) is 39.0 Å². The SMILES string of the molecule is CC(=O)N1CCN(C(=O)c2ccc(CSc3nc(Cl)cc(N4CCN(Cc5ccccc5)CC4)n3)cc2)CC1. The van der Waals surface area contributed by atoms with Gasteiger partial charge in [-0.25, -0.2) is 9.97 Å². The van der Waals surface area contributed by atoms with Gasteiger partial charge in [0.25, 0.3) is 5.91 Å². The summed E-state index contributed by atoms with van der Waals surface area (Å²) < 4.78 is 0. The number of hydrogen-bond acceptors (Lipinski definition) is 7. The Morgan fingerprint density at radius 3 is 2.15 bits per heavy atom. The first-order chi connectivity index (χ1) is 18.9. The lowest BCUT2D eigenvalue weighted by atomic mass is 10.1. The lowest BCUT2D eigenvalue weighted by Crippen LogP contribution is -2.50. The fraction of sp³-hybridized carbons (Fsp3) is 0.379. The largest absolute Gasteiger partial charge is 0.354 e. The average Bonchev–Trinajstić information content (AvgIpc) is 2.97. The van der Waals surface area contributed by atoms with Crippen LogP contribution in [0.3, 0.4) is 0 Å². The number of rotatable bonds is 7. The molecule has 10 heteroatoms. The lowest BCUT2D eigenvalue weighted by molar-refractivity contribution is -0.130. The Kier molecular flexibility index (Phi) is 9.01. The minimum absolute atomic E-state index is 0.00378. The van der Waals surface area contributed by atoms with Gasteiger partial charge in [-0.3, -0.25) is 14.5 Å². The molecule has 2 aromatic carbocycles. The Morgan fingerprint density at radius 1 is 0.821 bits per heavy atom. The van der Waals surface area contributed by atoms with Gasteiger partial charge in [-0.2, -0.15) is 0 Å². The van der Waals surface area contributed by atoms with E-state index in [1.807, 2.05) is 41.3 Å². The Balaban J connectivity index is 1.13. The van der Waals surface area contributed by atoms with Crippen molar-refractivity contribution >= 4 is 41.0 Å².